The highest BCUT2D eigenvalue weighted by atomic mass is 35.5. The molecule has 160 valence electrons. The van der Waals surface area contributed by atoms with Crippen molar-refractivity contribution in [3.63, 3.8) is 0 Å². The molecule has 30 heavy (non-hydrogen) atoms. The van der Waals surface area contributed by atoms with Gasteiger partial charge in [0.2, 0.25) is 11.8 Å². The summed E-state index contributed by atoms with van der Waals surface area (Å²) in [7, 11) is 0. The van der Waals surface area contributed by atoms with E-state index in [0.717, 1.165) is 6.07 Å². The quantitative estimate of drug-likeness (QED) is 0.578. The Balaban J connectivity index is 1.83. The van der Waals surface area contributed by atoms with Crippen LogP contribution in [-0.4, -0.2) is 30.8 Å². The molecule has 0 aromatic heterocycles. The minimum atomic E-state index is -4.68. The summed E-state index contributed by atoms with van der Waals surface area (Å²) in [6.45, 7) is -0.982. The molecule has 0 aliphatic rings. The van der Waals surface area contributed by atoms with E-state index in [-0.39, 0.29) is 16.3 Å². The van der Waals surface area contributed by atoms with Crippen molar-refractivity contribution in [1.29, 1.82) is 0 Å². The lowest BCUT2D eigenvalue weighted by molar-refractivity contribution is -0.137. The first-order chi connectivity index (χ1) is 14.0. The Hall–Kier alpha value is -2.49. The summed E-state index contributed by atoms with van der Waals surface area (Å²) in [5, 5.41) is 6.67. The van der Waals surface area contributed by atoms with E-state index in [1.54, 1.807) is 0 Å². The molecule has 0 bridgehead atoms. The predicted octanol–water partition coefficient (Wildman–Crippen LogP) is 4.15. The van der Waals surface area contributed by atoms with Gasteiger partial charge in [-0.25, -0.2) is 0 Å². The number of amides is 3. The molecule has 0 aliphatic carbocycles. The number of anilines is 1. The summed E-state index contributed by atoms with van der Waals surface area (Å²) in [4.78, 5) is 35.6. The normalized spacial score (nSPS) is 11.0. The maximum absolute atomic E-state index is 12.8. The molecular formula is C18H13Cl3F3N3O3. The van der Waals surface area contributed by atoms with E-state index in [2.05, 4.69) is 16.0 Å². The van der Waals surface area contributed by atoms with Gasteiger partial charge < -0.3 is 16.0 Å². The van der Waals surface area contributed by atoms with Gasteiger partial charge in [-0.3, -0.25) is 14.4 Å². The molecule has 0 fully saturated rings. The van der Waals surface area contributed by atoms with Crippen LogP contribution in [0.15, 0.2) is 36.4 Å². The van der Waals surface area contributed by atoms with E-state index >= 15 is 0 Å². The van der Waals surface area contributed by atoms with Crippen molar-refractivity contribution in [3.05, 3.63) is 62.6 Å². The maximum Gasteiger partial charge on any atom is 0.417 e. The smallest absolute Gasteiger partial charge is 0.345 e. The van der Waals surface area contributed by atoms with Gasteiger partial charge in [-0.1, -0.05) is 34.8 Å². The fourth-order valence-electron chi connectivity index (χ4n) is 2.20. The van der Waals surface area contributed by atoms with E-state index < -0.39 is 47.6 Å². The fourth-order valence-corrected chi connectivity index (χ4v) is 2.92. The zero-order chi connectivity index (χ0) is 22.5. The molecule has 0 unspecified atom stereocenters. The van der Waals surface area contributed by atoms with Crippen molar-refractivity contribution in [2.24, 2.45) is 0 Å². The standard InChI is InChI=1S/C18H13Cl3F3N3O3/c19-9-1-3-11(14(21)5-9)17(30)26-7-15(28)25-8-16(29)27-10-2-4-13(20)12(6-10)18(22,23)24/h1-6H,7-8H2,(H,25,28)(H,26,30)(H,27,29). The Bertz CT molecular complexity index is 984. The molecule has 2 aromatic rings. The van der Waals surface area contributed by atoms with Gasteiger partial charge in [-0.15, -0.1) is 0 Å². The predicted molar refractivity (Wildman–Crippen MR) is 107 cm³/mol. The van der Waals surface area contributed by atoms with E-state index in [4.69, 9.17) is 34.8 Å². The van der Waals surface area contributed by atoms with E-state index in [1.165, 1.54) is 24.3 Å². The molecule has 0 atom stereocenters. The van der Waals surface area contributed by atoms with Crippen molar-refractivity contribution in [3.8, 4) is 0 Å². The topological polar surface area (TPSA) is 87.3 Å². The number of alkyl halides is 3. The zero-order valence-corrected chi connectivity index (χ0v) is 17.1. The number of hydrogen-bond donors (Lipinski definition) is 3. The van der Waals surface area contributed by atoms with Crippen molar-refractivity contribution >= 4 is 58.2 Å². The molecule has 12 heteroatoms. The first-order valence-electron chi connectivity index (χ1n) is 8.14. The minimum absolute atomic E-state index is 0.0981. The largest absolute Gasteiger partial charge is 0.417 e. The van der Waals surface area contributed by atoms with Crippen LogP contribution in [0.1, 0.15) is 15.9 Å². The molecule has 0 saturated carbocycles. The maximum atomic E-state index is 12.8. The molecule has 2 rings (SSSR count). The molecular weight excluding hydrogens is 470 g/mol. The Morgan fingerprint density at radius 3 is 2.13 bits per heavy atom. The number of hydrogen-bond acceptors (Lipinski definition) is 3. The lowest BCUT2D eigenvalue weighted by atomic mass is 10.2. The lowest BCUT2D eigenvalue weighted by Gasteiger charge is -2.12. The Labute approximate surface area is 183 Å². The zero-order valence-electron chi connectivity index (χ0n) is 14.9. The molecule has 0 aliphatic heterocycles. The third kappa shape index (κ3) is 6.79. The van der Waals surface area contributed by atoms with Gasteiger partial charge in [0.1, 0.15) is 0 Å². The van der Waals surface area contributed by atoms with Crippen LogP contribution in [0, 0.1) is 0 Å². The molecule has 0 radical (unpaired) electrons. The first-order valence-corrected chi connectivity index (χ1v) is 9.27. The van der Waals surface area contributed by atoms with Gasteiger partial charge in [0.25, 0.3) is 5.91 Å². The van der Waals surface area contributed by atoms with E-state index in [1.807, 2.05) is 0 Å². The minimum Gasteiger partial charge on any atom is -0.345 e. The van der Waals surface area contributed by atoms with Crippen LogP contribution in [0.2, 0.25) is 15.1 Å². The van der Waals surface area contributed by atoms with Crippen molar-refractivity contribution in [1.82, 2.24) is 10.6 Å². The number of carbonyl (C=O) groups excluding carboxylic acids is 3. The van der Waals surface area contributed by atoms with Crippen LogP contribution >= 0.6 is 34.8 Å². The van der Waals surface area contributed by atoms with Gasteiger partial charge in [-0.2, -0.15) is 13.2 Å². The fraction of sp³-hybridized carbons (Fsp3) is 0.167. The monoisotopic (exact) mass is 481 g/mol. The van der Waals surface area contributed by atoms with Crippen molar-refractivity contribution in [2.45, 2.75) is 6.18 Å². The molecule has 2 aromatic carbocycles. The number of halogens is 6. The average Bonchev–Trinajstić information content (AvgIpc) is 2.65. The summed E-state index contributed by atoms with van der Waals surface area (Å²) in [6, 6.07) is 7.06. The molecule has 6 nitrogen and oxygen atoms in total. The Kier molecular flexibility index (Phi) is 7.94. The number of carbonyl (C=O) groups is 3. The van der Waals surface area contributed by atoms with Crippen LogP contribution in [0.5, 0.6) is 0 Å². The second-order valence-electron chi connectivity index (χ2n) is 5.82. The van der Waals surface area contributed by atoms with Crippen LogP contribution < -0.4 is 16.0 Å². The highest BCUT2D eigenvalue weighted by Crippen LogP contribution is 2.36. The van der Waals surface area contributed by atoms with E-state index in [0.29, 0.717) is 11.1 Å². The summed E-state index contributed by atoms with van der Waals surface area (Å²) < 4.78 is 38.5. The van der Waals surface area contributed by atoms with Crippen LogP contribution in [0.4, 0.5) is 18.9 Å². The van der Waals surface area contributed by atoms with Crippen LogP contribution in [-0.2, 0) is 15.8 Å². The van der Waals surface area contributed by atoms with Gasteiger partial charge >= 0.3 is 6.18 Å². The van der Waals surface area contributed by atoms with Crippen LogP contribution in [0.25, 0.3) is 0 Å². The number of nitrogens with one attached hydrogen (secondary N) is 3. The van der Waals surface area contributed by atoms with Gasteiger partial charge in [-0.05, 0) is 36.4 Å². The highest BCUT2D eigenvalue weighted by molar-refractivity contribution is 6.36. The van der Waals surface area contributed by atoms with Crippen molar-refractivity contribution < 1.29 is 27.6 Å². The second kappa shape index (κ2) is 10.0. The Morgan fingerprint density at radius 2 is 1.50 bits per heavy atom. The summed E-state index contributed by atoms with van der Waals surface area (Å²) in [5.41, 5.74) is -1.14. The number of benzene rings is 2. The van der Waals surface area contributed by atoms with Gasteiger partial charge in [0.05, 0.1) is 34.3 Å². The SMILES string of the molecule is O=C(CNC(=O)c1ccc(Cl)cc1Cl)NCC(=O)Nc1ccc(Cl)c(C(F)(F)F)c1. The summed E-state index contributed by atoms with van der Waals surface area (Å²) >= 11 is 17.1. The molecule has 3 N–H and O–H groups in total. The van der Waals surface area contributed by atoms with Gasteiger partial charge in [0.15, 0.2) is 0 Å². The number of rotatable bonds is 6. The molecule has 0 saturated heterocycles. The van der Waals surface area contributed by atoms with Crippen LogP contribution in [0.3, 0.4) is 0 Å². The Morgan fingerprint density at radius 1 is 0.833 bits per heavy atom. The molecule has 0 heterocycles. The van der Waals surface area contributed by atoms with E-state index in [9.17, 15) is 27.6 Å². The molecule has 3 amide bonds. The third-order valence-corrected chi connectivity index (χ3v) is 4.46. The highest BCUT2D eigenvalue weighted by Gasteiger charge is 2.33. The average molecular weight is 483 g/mol. The summed E-state index contributed by atoms with van der Waals surface area (Å²) in [6.07, 6.45) is -4.68. The first kappa shape index (κ1) is 23.8. The molecule has 0 spiro atoms. The van der Waals surface area contributed by atoms with Gasteiger partial charge in [0, 0.05) is 10.7 Å². The third-order valence-electron chi connectivity index (χ3n) is 3.59. The van der Waals surface area contributed by atoms with Crippen molar-refractivity contribution in [2.75, 3.05) is 18.4 Å². The summed E-state index contributed by atoms with van der Waals surface area (Å²) in [5.74, 6) is -2.10. The lowest BCUT2D eigenvalue weighted by Crippen LogP contribution is -2.40. The second-order valence-corrected chi connectivity index (χ2v) is 7.07.